The number of aryl methyl sites for hydroxylation is 1. The van der Waals surface area contributed by atoms with E-state index in [0.717, 1.165) is 24.2 Å². The van der Waals surface area contributed by atoms with E-state index in [-0.39, 0.29) is 25.6 Å². The van der Waals surface area contributed by atoms with Crippen LogP contribution in [0.25, 0.3) is 5.70 Å². The summed E-state index contributed by atoms with van der Waals surface area (Å²) in [5.41, 5.74) is 1.70. The molecule has 0 amide bonds. The predicted octanol–water partition coefficient (Wildman–Crippen LogP) is 2.68. The van der Waals surface area contributed by atoms with Gasteiger partial charge in [0, 0.05) is 26.3 Å². The number of hydrogen-bond donors (Lipinski definition) is 0. The zero-order valence-electron chi connectivity index (χ0n) is 9.69. The summed E-state index contributed by atoms with van der Waals surface area (Å²) in [6, 6.07) is 2.03. The third-order valence-corrected chi connectivity index (χ3v) is 2.41. The molecule has 1 aliphatic heterocycles. The number of nitrogens with zero attached hydrogens (tertiary/aromatic N) is 4. The Bertz CT molecular complexity index is 417. The zero-order chi connectivity index (χ0) is 10.9. The van der Waals surface area contributed by atoms with E-state index in [1.54, 1.807) is 0 Å². The first-order valence-corrected chi connectivity index (χ1v) is 5.24. The van der Waals surface area contributed by atoms with Crippen LogP contribution in [-0.2, 0) is 26.5 Å². The topological polar surface area (TPSA) is 42.5 Å². The van der Waals surface area contributed by atoms with Gasteiger partial charge in [-0.3, -0.25) is 4.68 Å². The van der Waals surface area contributed by atoms with Gasteiger partial charge in [-0.05, 0) is 26.3 Å². The Morgan fingerprint density at radius 2 is 2.19 bits per heavy atom. The van der Waals surface area contributed by atoms with Gasteiger partial charge in [0.1, 0.15) is 0 Å². The molecule has 0 aliphatic carbocycles. The van der Waals surface area contributed by atoms with Crippen molar-refractivity contribution < 1.29 is 20.1 Å². The largest absolute Gasteiger partial charge is 0.374 e. The van der Waals surface area contributed by atoms with Crippen molar-refractivity contribution in [2.45, 2.75) is 39.2 Å². The molecule has 89 valence electrons. The molecule has 1 radical (unpaired) electrons. The van der Waals surface area contributed by atoms with Gasteiger partial charge in [-0.25, -0.2) is 5.11 Å². The average Bonchev–Trinajstić information content (AvgIpc) is 2.72. The Kier molecular flexibility index (Phi) is 4.16. The summed E-state index contributed by atoms with van der Waals surface area (Å²) < 4.78 is 1.82. The van der Waals surface area contributed by atoms with Gasteiger partial charge in [0.25, 0.3) is 0 Å². The summed E-state index contributed by atoms with van der Waals surface area (Å²) in [6.45, 7) is 6.16. The van der Waals surface area contributed by atoms with Crippen LogP contribution in [0.4, 0.5) is 0 Å². The van der Waals surface area contributed by atoms with Gasteiger partial charge in [-0.2, -0.15) is 5.10 Å². The van der Waals surface area contributed by atoms with Crippen LogP contribution in [0.1, 0.15) is 32.9 Å². The Morgan fingerprint density at radius 3 is 2.75 bits per heavy atom. The van der Waals surface area contributed by atoms with E-state index in [1.807, 2.05) is 30.8 Å². The minimum Gasteiger partial charge on any atom is -0.374 e. The first kappa shape index (κ1) is 13.3. The molecule has 16 heavy (non-hydrogen) atoms. The summed E-state index contributed by atoms with van der Waals surface area (Å²) in [6.07, 6.45) is 6.96. The minimum atomic E-state index is -0.310. The van der Waals surface area contributed by atoms with Crippen LogP contribution < -0.4 is 0 Å². The summed E-state index contributed by atoms with van der Waals surface area (Å²) in [7, 11) is 0. The molecule has 1 aromatic heterocycles. The first-order valence-electron chi connectivity index (χ1n) is 5.24. The molecule has 1 aromatic rings. The Hall–Kier alpha value is -0.801. The van der Waals surface area contributed by atoms with Crippen LogP contribution in [0.3, 0.4) is 0 Å². The molecule has 0 aromatic carbocycles. The molecule has 0 saturated heterocycles. The smallest absolute Gasteiger partial charge is 0.0835 e. The number of hydrogen-bond acceptors (Lipinski definition) is 3. The molecule has 2 rings (SSSR count). The maximum Gasteiger partial charge on any atom is 0.0835 e. The van der Waals surface area contributed by atoms with E-state index in [1.165, 1.54) is 0 Å². The minimum absolute atomic E-state index is 0. The van der Waals surface area contributed by atoms with Gasteiger partial charge in [0.2, 0.25) is 0 Å². The van der Waals surface area contributed by atoms with Crippen molar-refractivity contribution in [3.63, 3.8) is 0 Å². The fraction of sp³-hybridized carbons (Fsp3) is 0.545. The van der Waals surface area contributed by atoms with Gasteiger partial charge in [-0.15, -0.1) is 0 Å². The molecular formula is C11H15IrN4-. The third kappa shape index (κ3) is 2.47. The van der Waals surface area contributed by atoms with Gasteiger partial charge in [-0.1, -0.05) is 19.0 Å². The molecule has 0 atom stereocenters. The third-order valence-electron chi connectivity index (χ3n) is 2.41. The van der Waals surface area contributed by atoms with E-state index in [9.17, 15) is 0 Å². The predicted molar refractivity (Wildman–Crippen MR) is 58.1 cm³/mol. The molecule has 0 bridgehead atoms. The van der Waals surface area contributed by atoms with Crippen molar-refractivity contribution in [1.82, 2.24) is 9.78 Å². The standard InChI is InChI=1S/C11H15N4.Ir/c1-4-5-9-6-7-15(13-9)10-8-12-14-11(10,2)3;/h6-7H,4-5H2,1-3H3;/q-1;. The maximum atomic E-state index is 4.47. The maximum absolute atomic E-state index is 4.47. The number of rotatable bonds is 3. The summed E-state index contributed by atoms with van der Waals surface area (Å²) in [5.74, 6) is 0. The molecule has 5 heteroatoms. The van der Waals surface area contributed by atoms with E-state index >= 15 is 0 Å². The molecule has 2 heterocycles. The number of azo groups is 1. The van der Waals surface area contributed by atoms with Crippen molar-refractivity contribution in [2.24, 2.45) is 10.2 Å². The van der Waals surface area contributed by atoms with E-state index < -0.39 is 0 Å². The molecule has 0 saturated carbocycles. The van der Waals surface area contributed by atoms with Crippen LogP contribution >= 0.6 is 0 Å². The van der Waals surface area contributed by atoms with Gasteiger partial charge in [0.05, 0.1) is 11.2 Å². The SMILES string of the molecule is CCCc1ccn(C2=[C-]N=NC2(C)C)n1.[Ir]. The quantitative estimate of drug-likeness (QED) is 0.726. The van der Waals surface area contributed by atoms with Crippen LogP contribution in [-0.4, -0.2) is 15.3 Å². The van der Waals surface area contributed by atoms with Crippen molar-refractivity contribution in [3.05, 3.63) is 24.2 Å². The summed E-state index contributed by atoms with van der Waals surface area (Å²) >= 11 is 0. The molecule has 0 fully saturated rings. The van der Waals surface area contributed by atoms with Gasteiger partial charge >= 0.3 is 0 Å². The summed E-state index contributed by atoms with van der Waals surface area (Å²) in [4.78, 5) is 0. The van der Waals surface area contributed by atoms with Gasteiger partial charge < -0.3 is 11.3 Å². The second kappa shape index (κ2) is 5.02. The Morgan fingerprint density at radius 1 is 1.44 bits per heavy atom. The van der Waals surface area contributed by atoms with Crippen molar-refractivity contribution in [3.8, 4) is 0 Å². The second-order valence-electron chi connectivity index (χ2n) is 4.22. The van der Waals surface area contributed by atoms with Crippen LogP contribution in [0.15, 0.2) is 22.5 Å². The normalized spacial score (nSPS) is 17.1. The molecule has 0 unspecified atom stereocenters. The monoisotopic (exact) mass is 396 g/mol. The fourth-order valence-corrected chi connectivity index (χ4v) is 1.59. The van der Waals surface area contributed by atoms with Gasteiger partial charge in [0.15, 0.2) is 0 Å². The Labute approximate surface area is 109 Å². The summed E-state index contributed by atoms with van der Waals surface area (Å²) in [5, 5.41) is 12.4. The van der Waals surface area contributed by atoms with Crippen molar-refractivity contribution in [1.29, 1.82) is 0 Å². The molecular weight excluding hydrogens is 380 g/mol. The van der Waals surface area contributed by atoms with E-state index in [2.05, 4.69) is 28.5 Å². The molecule has 0 N–H and O–H groups in total. The Balaban J connectivity index is 0.00000128. The van der Waals surface area contributed by atoms with Crippen LogP contribution in [0.5, 0.6) is 0 Å². The molecule has 4 nitrogen and oxygen atoms in total. The van der Waals surface area contributed by atoms with Crippen molar-refractivity contribution >= 4 is 5.70 Å². The van der Waals surface area contributed by atoms with Crippen LogP contribution in [0, 0.1) is 6.20 Å². The fourth-order valence-electron chi connectivity index (χ4n) is 1.59. The molecule has 1 aliphatic rings. The number of aromatic nitrogens is 2. The van der Waals surface area contributed by atoms with E-state index in [4.69, 9.17) is 0 Å². The van der Waals surface area contributed by atoms with E-state index in [0.29, 0.717) is 0 Å². The second-order valence-corrected chi connectivity index (χ2v) is 4.22. The van der Waals surface area contributed by atoms with Crippen LogP contribution in [0.2, 0.25) is 0 Å². The average molecular weight is 395 g/mol. The first-order chi connectivity index (χ1) is 7.13. The molecule has 0 spiro atoms. The van der Waals surface area contributed by atoms with Crippen molar-refractivity contribution in [2.75, 3.05) is 0 Å². The zero-order valence-corrected chi connectivity index (χ0v) is 12.1.